The molecule has 1 aliphatic carbocycles. The number of hydrogen-bond acceptors (Lipinski definition) is 5. The molecule has 0 aliphatic heterocycles. The van der Waals surface area contributed by atoms with Crippen LogP contribution in [-0.2, 0) is 17.7 Å². The lowest BCUT2D eigenvalue weighted by Gasteiger charge is -2.26. The Hall–Kier alpha value is -2.67. The zero-order chi connectivity index (χ0) is 23.2. The third-order valence-corrected chi connectivity index (χ3v) is 5.80. The van der Waals surface area contributed by atoms with E-state index in [1.807, 2.05) is 79.2 Å². The van der Waals surface area contributed by atoms with E-state index in [1.54, 1.807) is 0 Å². The number of ether oxygens (including phenoxy) is 2. The Morgan fingerprint density at radius 1 is 1.06 bits per heavy atom. The lowest BCUT2D eigenvalue weighted by Crippen LogP contribution is -2.36. The Labute approximate surface area is 196 Å². The van der Waals surface area contributed by atoms with Gasteiger partial charge in [0.25, 0.3) is 0 Å². The first kappa shape index (κ1) is 23.5. The number of nitrogens with zero attached hydrogens (tertiary/aromatic N) is 3. The van der Waals surface area contributed by atoms with Crippen LogP contribution in [0.2, 0.25) is 0 Å². The quantitative estimate of drug-likeness (QED) is 0.423. The third-order valence-electron chi connectivity index (χ3n) is 5.80. The fourth-order valence-electron chi connectivity index (χ4n) is 3.98. The van der Waals surface area contributed by atoms with Crippen molar-refractivity contribution in [1.82, 2.24) is 14.7 Å². The normalized spacial score (nSPS) is 14.7. The fraction of sp³-hybridized carbons (Fsp3) is 0.444. The first-order chi connectivity index (χ1) is 16.0. The lowest BCUT2D eigenvalue weighted by molar-refractivity contribution is -0.0107. The van der Waals surface area contributed by atoms with Crippen LogP contribution in [0.4, 0.5) is 0 Å². The molecule has 0 bridgehead atoms. The molecule has 6 heteroatoms. The van der Waals surface area contributed by atoms with Crippen LogP contribution in [0.1, 0.15) is 44.9 Å². The molecule has 1 atom stereocenters. The minimum atomic E-state index is -0.527. The van der Waals surface area contributed by atoms with Gasteiger partial charge in [0.1, 0.15) is 5.75 Å². The summed E-state index contributed by atoms with van der Waals surface area (Å²) in [6.45, 7) is 7.70. The molecule has 0 amide bonds. The van der Waals surface area contributed by atoms with Gasteiger partial charge in [-0.25, -0.2) is 4.68 Å². The van der Waals surface area contributed by atoms with Gasteiger partial charge in [0.05, 0.1) is 35.8 Å². The van der Waals surface area contributed by atoms with E-state index in [9.17, 15) is 5.11 Å². The van der Waals surface area contributed by atoms with Crippen molar-refractivity contribution in [2.45, 2.75) is 64.8 Å². The van der Waals surface area contributed by atoms with Crippen LogP contribution in [0.5, 0.6) is 11.6 Å². The molecule has 0 unspecified atom stereocenters. The van der Waals surface area contributed by atoms with Gasteiger partial charge in [-0.3, -0.25) is 4.90 Å². The lowest BCUT2D eigenvalue weighted by atomic mass is 10.1. The maximum Gasteiger partial charge on any atom is 0.227 e. The highest BCUT2D eigenvalue weighted by molar-refractivity contribution is 5.43. The molecule has 2 aromatic carbocycles. The summed E-state index contributed by atoms with van der Waals surface area (Å²) >= 11 is 0. The van der Waals surface area contributed by atoms with Gasteiger partial charge in [0.15, 0.2) is 0 Å². The largest absolute Gasteiger partial charge is 0.439 e. The standard InChI is InChI=1S/C27H35N3O3/c1-4-26-25(18-29(21-15-16-21)17-23(31)19-32-20(2)3)27(33-24-13-9-6-10-14-24)30(28-26)22-11-7-5-8-12-22/h5-14,20-21,23,31H,4,15-19H2,1-3H3/t23-/m0/s1. The molecule has 0 saturated heterocycles. The van der Waals surface area contributed by atoms with E-state index in [4.69, 9.17) is 14.6 Å². The molecule has 1 aromatic heterocycles. The van der Waals surface area contributed by atoms with Gasteiger partial charge in [-0.05, 0) is 57.4 Å². The van der Waals surface area contributed by atoms with Gasteiger partial charge in [0.2, 0.25) is 5.88 Å². The number of hydrogen-bond donors (Lipinski definition) is 1. The van der Waals surface area contributed by atoms with Crippen molar-refractivity contribution in [3.63, 3.8) is 0 Å². The summed E-state index contributed by atoms with van der Waals surface area (Å²) in [5, 5.41) is 15.6. The van der Waals surface area contributed by atoms with Crippen LogP contribution in [0, 0.1) is 0 Å². The summed E-state index contributed by atoms with van der Waals surface area (Å²) in [4.78, 5) is 2.36. The third kappa shape index (κ3) is 6.22. The highest BCUT2D eigenvalue weighted by atomic mass is 16.5. The van der Waals surface area contributed by atoms with E-state index in [-0.39, 0.29) is 6.10 Å². The van der Waals surface area contributed by atoms with Gasteiger partial charge < -0.3 is 14.6 Å². The predicted molar refractivity (Wildman–Crippen MR) is 130 cm³/mol. The molecular weight excluding hydrogens is 414 g/mol. The maximum atomic E-state index is 10.6. The second-order valence-corrected chi connectivity index (χ2v) is 8.94. The number of aliphatic hydroxyl groups excluding tert-OH is 1. The van der Waals surface area contributed by atoms with Crippen LogP contribution in [0.25, 0.3) is 5.69 Å². The molecule has 1 aliphatic rings. The molecule has 6 nitrogen and oxygen atoms in total. The Kier molecular flexibility index (Phi) is 7.81. The van der Waals surface area contributed by atoms with Gasteiger partial charge in [0, 0.05) is 19.1 Å². The van der Waals surface area contributed by atoms with Gasteiger partial charge in [-0.2, -0.15) is 5.10 Å². The smallest absolute Gasteiger partial charge is 0.227 e. The molecule has 1 fully saturated rings. The zero-order valence-electron chi connectivity index (χ0n) is 19.9. The Bertz CT molecular complexity index is 1000. The summed E-state index contributed by atoms with van der Waals surface area (Å²) in [5.41, 5.74) is 3.06. The average Bonchev–Trinajstić information content (AvgIpc) is 3.62. The van der Waals surface area contributed by atoms with Gasteiger partial charge in [-0.1, -0.05) is 43.3 Å². The average molecular weight is 450 g/mol. The molecule has 0 spiro atoms. The zero-order valence-corrected chi connectivity index (χ0v) is 19.9. The summed E-state index contributed by atoms with van der Waals surface area (Å²) in [6.07, 6.45) is 2.69. The van der Waals surface area contributed by atoms with Crippen LogP contribution < -0.4 is 4.74 Å². The Balaban J connectivity index is 1.66. The van der Waals surface area contributed by atoms with Crippen LogP contribution in [-0.4, -0.2) is 51.2 Å². The van der Waals surface area contributed by atoms with E-state index in [0.29, 0.717) is 25.7 Å². The summed E-state index contributed by atoms with van der Waals surface area (Å²) in [5.74, 6) is 1.52. The fourth-order valence-corrected chi connectivity index (χ4v) is 3.98. The number of aromatic nitrogens is 2. The summed E-state index contributed by atoms with van der Waals surface area (Å²) in [6, 6.07) is 20.4. The molecular formula is C27H35N3O3. The monoisotopic (exact) mass is 449 g/mol. The topological polar surface area (TPSA) is 59.8 Å². The number of benzene rings is 2. The maximum absolute atomic E-state index is 10.6. The molecule has 1 saturated carbocycles. The van der Waals surface area contributed by atoms with E-state index < -0.39 is 6.10 Å². The van der Waals surface area contributed by atoms with E-state index in [1.165, 1.54) is 0 Å². The van der Waals surface area contributed by atoms with E-state index >= 15 is 0 Å². The van der Waals surface area contributed by atoms with Crippen molar-refractivity contribution in [3.05, 3.63) is 71.9 Å². The minimum Gasteiger partial charge on any atom is -0.439 e. The molecule has 4 rings (SSSR count). The SMILES string of the molecule is CCc1nn(-c2ccccc2)c(Oc2ccccc2)c1CN(C[C@H](O)COC(C)C)C1CC1. The first-order valence-electron chi connectivity index (χ1n) is 12.0. The van der Waals surface area contributed by atoms with Crippen molar-refractivity contribution in [3.8, 4) is 17.3 Å². The van der Waals surface area contributed by atoms with Crippen LogP contribution >= 0.6 is 0 Å². The van der Waals surface area contributed by atoms with E-state index in [0.717, 1.165) is 47.8 Å². The van der Waals surface area contributed by atoms with Crippen molar-refractivity contribution >= 4 is 0 Å². The molecule has 176 valence electrons. The second kappa shape index (κ2) is 11.0. The van der Waals surface area contributed by atoms with E-state index in [2.05, 4.69) is 11.8 Å². The predicted octanol–water partition coefficient (Wildman–Crippen LogP) is 4.98. The number of rotatable bonds is 12. The summed E-state index contributed by atoms with van der Waals surface area (Å²) in [7, 11) is 0. The van der Waals surface area contributed by atoms with Crippen molar-refractivity contribution in [1.29, 1.82) is 0 Å². The second-order valence-electron chi connectivity index (χ2n) is 8.94. The highest BCUT2D eigenvalue weighted by Crippen LogP contribution is 2.35. The van der Waals surface area contributed by atoms with Gasteiger partial charge >= 0.3 is 0 Å². The van der Waals surface area contributed by atoms with Gasteiger partial charge in [-0.15, -0.1) is 0 Å². The highest BCUT2D eigenvalue weighted by Gasteiger charge is 2.33. The van der Waals surface area contributed by atoms with Crippen molar-refractivity contribution in [2.75, 3.05) is 13.2 Å². The summed E-state index contributed by atoms with van der Waals surface area (Å²) < 4.78 is 14.0. The van der Waals surface area contributed by atoms with Crippen LogP contribution in [0.3, 0.4) is 0 Å². The van der Waals surface area contributed by atoms with Crippen molar-refractivity contribution < 1.29 is 14.6 Å². The van der Waals surface area contributed by atoms with Crippen LogP contribution in [0.15, 0.2) is 60.7 Å². The number of aryl methyl sites for hydroxylation is 1. The number of aliphatic hydroxyl groups is 1. The molecule has 1 N–H and O–H groups in total. The molecule has 33 heavy (non-hydrogen) atoms. The Morgan fingerprint density at radius 3 is 2.33 bits per heavy atom. The number of para-hydroxylation sites is 2. The van der Waals surface area contributed by atoms with Crippen molar-refractivity contribution in [2.24, 2.45) is 0 Å². The Morgan fingerprint density at radius 2 is 1.73 bits per heavy atom. The molecule has 0 radical (unpaired) electrons. The first-order valence-corrected chi connectivity index (χ1v) is 12.0. The minimum absolute atomic E-state index is 0.107. The molecule has 3 aromatic rings. The molecule has 1 heterocycles.